The van der Waals surface area contributed by atoms with E-state index in [-0.39, 0.29) is 30.3 Å². The summed E-state index contributed by atoms with van der Waals surface area (Å²) in [4.78, 5) is 32.8. The average molecular weight is 513 g/mol. The fourth-order valence-corrected chi connectivity index (χ4v) is 5.90. The molecule has 1 fully saturated rings. The molecule has 0 spiro atoms. The summed E-state index contributed by atoms with van der Waals surface area (Å²) in [6, 6.07) is 15.4. The Morgan fingerprint density at radius 3 is 2.54 bits per heavy atom. The minimum Gasteiger partial charge on any atom is -0.338 e. The summed E-state index contributed by atoms with van der Waals surface area (Å²) in [5.41, 5.74) is 2.66. The number of amides is 3. The Balaban J connectivity index is 1.21. The molecule has 1 unspecified atom stereocenters. The number of thiophene rings is 1. The highest BCUT2D eigenvalue weighted by Gasteiger charge is 2.33. The van der Waals surface area contributed by atoms with Crippen LogP contribution in [0.4, 0.5) is 14.9 Å². The van der Waals surface area contributed by atoms with Crippen LogP contribution in [0.5, 0.6) is 0 Å². The maximum atomic E-state index is 14.0. The molecule has 182 valence electrons. The number of fused-ring (bicyclic) bond motifs is 1. The number of nitrogens with zero attached hydrogens (tertiary/aromatic N) is 3. The molecule has 0 radical (unpaired) electrons. The van der Waals surface area contributed by atoms with Crippen LogP contribution < -0.4 is 5.32 Å². The zero-order chi connectivity index (χ0) is 24.4. The van der Waals surface area contributed by atoms with Crippen LogP contribution >= 0.6 is 22.9 Å². The van der Waals surface area contributed by atoms with E-state index in [0.29, 0.717) is 36.9 Å². The highest BCUT2D eigenvalue weighted by molar-refractivity contribution is 7.10. The lowest BCUT2D eigenvalue weighted by Crippen LogP contribution is -2.54. The summed E-state index contributed by atoms with van der Waals surface area (Å²) in [5.74, 6) is -0.247. The van der Waals surface area contributed by atoms with Gasteiger partial charge in [-0.1, -0.05) is 29.8 Å². The van der Waals surface area contributed by atoms with Crippen LogP contribution in [0.1, 0.15) is 22.0 Å². The van der Waals surface area contributed by atoms with Crippen LogP contribution in [0.15, 0.2) is 60.0 Å². The van der Waals surface area contributed by atoms with Gasteiger partial charge in [0.05, 0.1) is 12.6 Å². The number of carbonyl (C=O) groups is 2. The number of piperazine rings is 1. The van der Waals surface area contributed by atoms with E-state index in [1.807, 2.05) is 11.0 Å². The van der Waals surface area contributed by atoms with Crippen LogP contribution in [-0.2, 0) is 11.2 Å². The maximum Gasteiger partial charge on any atom is 0.321 e. The molecular formula is C26H26ClFN4O2S. The zero-order valence-electron chi connectivity index (χ0n) is 19.1. The molecule has 3 amide bonds. The Morgan fingerprint density at radius 2 is 1.77 bits per heavy atom. The molecule has 1 N–H and O–H groups in total. The van der Waals surface area contributed by atoms with Crippen molar-refractivity contribution < 1.29 is 14.0 Å². The van der Waals surface area contributed by atoms with Crippen LogP contribution in [-0.4, -0.2) is 65.9 Å². The van der Waals surface area contributed by atoms with Crippen molar-refractivity contribution in [1.29, 1.82) is 0 Å². The molecule has 0 bridgehead atoms. The third-order valence-corrected chi connectivity index (χ3v) is 7.80. The number of rotatable bonds is 4. The van der Waals surface area contributed by atoms with E-state index in [1.54, 1.807) is 52.6 Å². The predicted octanol–water partition coefficient (Wildman–Crippen LogP) is 4.86. The molecule has 1 atom stereocenters. The molecular weight excluding hydrogens is 487 g/mol. The number of halogens is 2. The summed E-state index contributed by atoms with van der Waals surface area (Å²) in [6.07, 6.45) is 0.879. The van der Waals surface area contributed by atoms with Crippen molar-refractivity contribution in [1.82, 2.24) is 14.7 Å². The van der Waals surface area contributed by atoms with Gasteiger partial charge in [0.15, 0.2) is 0 Å². The van der Waals surface area contributed by atoms with Gasteiger partial charge in [0, 0.05) is 48.3 Å². The number of anilines is 1. The number of hydrogen-bond acceptors (Lipinski definition) is 4. The Kier molecular flexibility index (Phi) is 7.04. The van der Waals surface area contributed by atoms with E-state index in [9.17, 15) is 14.0 Å². The SMILES string of the molecule is O=C(CN1CCc2sccc2C1c1cccc(F)c1)N1CCN(C(=O)Nc2cccc(Cl)c2)CC1. The highest BCUT2D eigenvalue weighted by atomic mass is 35.5. The van der Waals surface area contributed by atoms with Gasteiger partial charge in [0.1, 0.15) is 5.82 Å². The third kappa shape index (κ3) is 5.34. The van der Waals surface area contributed by atoms with Crippen LogP contribution in [0.2, 0.25) is 5.02 Å². The van der Waals surface area contributed by atoms with E-state index < -0.39 is 0 Å². The van der Waals surface area contributed by atoms with Gasteiger partial charge in [-0.25, -0.2) is 9.18 Å². The molecule has 1 aromatic heterocycles. The van der Waals surface area contributed by atoms with Gasteiger partial charge in [-0.2, -0.15) is 0 Å². The Morgan fingerprint density at radius 1 is 1.00 bits per heavy atom. The van der Waals surface area contributed by atoms with E-state index in [4.69, 9.17) is 11.6 Å². The number of benzene rings is 2. The largest absolute Gasteiger partial charge is 0.338 e. The third-order valence-electron chi connectivity index (χ3n) is 6.56. The van der Waals surface area contributed by atoms with Crippen molar-refractivity contribution in [3.8, 4) is 0 Å². The number of carbonyl (C=O) groups excluding carboxylic acids is 2. The smallest absolute Gasteiger partial charge is 0.321 e. The second-order valence-electron chi connectivity index (χ2n) is 8.79. The zero-order valence-corrected chi connectivity index (χ0v) is 20.7. The van der Waals surface area contributed by atoms with Gasteiger partial charge in [-0.15, -0.1) is 11.3 Å². The first-order valence-corrected chi connectivity index (χ1v) is 12.9. The second-order valence-corrected chi connectivity index (χ2v) is 10.2. The fourth-order valence-electron chi connectivity index (χ4n) is 4.81. The van der Waals surface area contributed by atoms with Crippen molar-refractivity contribution in [2.24, 2.45) is 0 Å². The van der Waals surface area contributed by atoms with Crippen molar-refractivity contribution in [3.63, 3.8) is 0 Å². The summed E-state index contributed by atoms with van der Waals surface area (Å²) < 4.78 is 14.0. The molecule has 2 aromatic carbocycles. The molecule has 6 nitrogen and oxygen atoms in total. The van der Waals surface area contributed by atoms with Crippen molar-refractivity contribution in [2.75, 3.05) is 44.6 Å². The molecule has 9 heteroatoms. The quantitative estimate of drug-likeness (QED) is 0.543. The average Bonchev–Trinajstić information content (AvgIpc) is 3.33. The lowest BCUT2D eigenvalue weighted by atomic mass is 9.93. The van der Waals surface area contributed by atoms with Gasteiger partial charge < -0.3 is 15.1 Å². The fraction of sp³-hybridized carbons (Fsp3) is 0.308. The highest BCUT2D eigenvalue weighted by Crippen LogP contribution is 2.37. The molecule has 1 saturated heterocycles. The van der Waals surface area contributed by atoms with Gasteiger partial charge in [-0.05, 0) is 59.3 Å². The van der Waals surface area contributed by atoms with Crippen LogP contribution in [0, 0.1) is 5.82 Å². The molecule has 2 aliphatic rings. The van der Waals surface area contributed by atoms with Crippen LogP contribution in [0.25, 0.3) is 0 Å². The Labute approximate surface area is 212 Å². The van der Waals surface area contributed by atoms with E-state index >= 15 is 0 Å². The van der Waals surface area contributed by atoms with E-state index in [0.717, 1.165) is 24.1 Å². The Bertz CT molecular complexity index is 1230. The topological polar surface area (TPSA) is 55.9 Å². The van der Waals surface area contributed by atoms with Gasteiger partial charge in [0.2, 0.25) is 5.91 Å². The van der Waals surface area contributed by atoms with Crippen LogP contribution in [0.3, 0.4) is 0 Å². The molecule has 2 aliphatic heterocycles. The molecule has 0 aliphatic carbocycles. The minimum absolute atomic E-state index is 0.0278. The van der Waals surface area contributed by atoms with Crippen molar-refractivity contribution in [3.05, 3.63) is 86.8 Å². The van der Waals surface area contributed by atoms with E-state index in [2.05, 4.69) is 21.7 Å². The van der Waals surface area contributed by atoms with Gasteiger partial charge >= 0.3 is 6.03 Å². The first kappa shape index (κ1) is 23.8. The Hall–Kier alpha value is -2.94. The lowest BCUT2D eigenvalue weighted by molar-refractivity contribution is -0.134. The van der Waals surface area contributed by atoms with Crippen molar-refractivity contribution >= 4 is 40.6 Å². The first-order valence-electron chi connectivity index (χ1n) is 11.6. The lowest BCUT2D eigenvalue weighted by Gasteiger charge is -2.39. The normalized spacial score (nSPS) is 18.3. The predicted molar refractivity (Wildman–Crippen MR) is 136 cm³/mol. The number of nitrogens with one attached hydrogen (secondary N) is 1. The number of urea groups is 1. The minimum atomic E-state index is -0.275. The monoisotopic (exact) mass is 512 g/mol. The molecule has 35 heavy (non-hydrogen) atoms. The second kappa shape index (κ2) is 10.4. The summed E-state index contributed by atoms with van der Waals surface area (Å²) in [6.45, 7) is 2.86. The summed E-state index contributed by atoms with van der Waals surface area (Å²) >= 11 is 7.71. The number of hydrogen-bond donors (Lipinski definition) is 1. The first-order chi connectivity index (χ1) is 17.0. The molecule has 0 saturated carbocycles. The van der Waals surface area contributed by atoms with E-state index in [1.165, 1.54) is 10.9 Å². The molecule has 5 rings (SSSR count). The van der Waals surface area contributed by atoms with Gasteiger partial charge in [-0.3, -0.25) is 9.69 Å². The maximum absolute atomic E-state index is 14.0. The van der Waals surface area contributed by atoms with Crippen molar-refractivity contribution in [2.45, 2.75) is 12.5 Å². The van der Waals surface area contributed by atoms with Gasteiger partial charge in [0.25, 0.3) is 0 Å². The standard InChI is InChI=1S/C26H26ClFN4O2S/c27-19-4-2-6-21(16-19)29-26(34)31-12-10-30(11-13-31)24(33)17-32-9-7-23-22(8-14-35-23)25(32)18-3-1-5-20(28)15-18/h1-6,8,14-16,25H,7,9-13,17H2,(H,29,34). The molecule has 3 heterocycles. The summed E-state index contributed by atoms with van der Waals surface area (Å²) in [5, 5.41) is 5.48. The molecule has 3 aromatic rings. The summed E-state index contributed by atoms with van der Waals surface area (Å²) in [7, 11) is 0.